The van der Waals surface area contributed by atoms with Crippen molar-refractivity contribution in [3.05, 3.63) is 64.8 Å². The number of halogens is 1. The molecule has 1 aromatic heterocycles. The second-order valence-corrected chi connectivity index (χ2v) is 5.93. The van der Waals surface area contributed by atoms with Crippen LogP contribution in [-0.2, 0) is 11.8 Å². The summed E-state index contributed by atoms with van der Waals surface area (Å²) in [6.45, 7) is -0.356. The first-order chi connectivity index (χ1) is 12.0. The Balaban J connectivity index is 1.73. The van der Waals surface area contributed by atoms with Gasteiger partial charge in [0.05, 0.1) is 17.7 Å². The highest BCUT2D eigenvalue weighted by Crippen LogP contribution is 2.25. The van der Waals surface area contributed by atoms with E-state index >= 15 is 0 Å². The van der Waals surface area contributed by atoms with E-state index in [-0.39, 0.29) is 12.4 Å². The first kappa shape index (κ1) is 17.0. The molecule has 25 heavy (non-hydrogen) atoms. The zero-order valence-corrected chi connectivity index (χ0v) is 14.5. The first-order valence-corrected chi connectivity index (χ1v) is 7.97. The molecule has 0 spiro atoms. The molecular formula is C19H16ClNO4. The predicted molar refractivity (Wildman–Crippen MR) is 95.5 cm³/mol. The summed E-state index contributed by atoms with van der Waals surface area (Å²) in [7, 11) is 3.35. The fraction of sp³-hybridized carbons (Fsp3) is 0.158. The Morgan fingerprint density at radius 1 is 1.16 bits per heavy atom. The molecule has 2 aromatic carbocycles. The fourth-order valence-corrected chi connectivity index (χ4v) is 2.89. The lowest BCUT2D eigenvalue weighted by Gasteiger charge is -2.06. The second kappa shape index (κ2) is 6.99. The highest BCUT2D eigenvalue weighted by atomic mass is 35.5. The third-order valence-electron chi connectivity index (χ3n) is 3.92. The maximum Gasteiger partial charge on any atom is 0.340 e. The molecule has 0 atom stereocenters. The number of para-hydroxylation sites is 1. The molecule has 0 radical (unpaired) electrons. The summed E-state index contributed by atoms with van der Waals surface area (Å²) in [5.41, 5.74) is 1.71. The van der Waals surface area contributed by atoms with E-state index in [2.05, 4.69) is 0 Å². The third kappa shape index (κ3) is 3.37. The van der Waals surface area contributed by atoms with Gasteiger partial charge in [0.15, 0.2) is 12.4 Å². The van der Waals surface area contributed by atoms with Gasteiger partial charge < -0.3 is 14.0 Å². The molecule has 0 aliphatic carbocycles. The molecular weight excluding hydrogens is 342 g/mol. The average Bonchev–Trinajstić information content (AvgIpc) is 2.96. The number of ether oxygens (including phenoxy) is 2. The Labute approximate surface area is 149 Å². The molecule has 1 heterocycles. The maximum absolute atomic E-state index is 12.3. The van der Waals surface area contributed by atoms with Crippen LogP contribution in [0.1, 0.15) is 20.7 Å². The summed E-state index contributed by atoms with van der Waals surface area (Å²) in [5.74, 6) is -0.395. The van der Waals surface area contributed by atoms with Gasteiger partial charge in [0.25, 0.3) is 0 Å². The minimum absolute atomic E-state index is 0.328. The molecule has 0 saturated heterocycles. The molecule has 6 heteroatoms. The van der Waals surface area contributed by atoms with E-state index in [1.165, 1.54) is 13.2 Å². The number of hydrogen-bond donors (Lipinski definition) is 0. The molecule has 0 amide bonds. The van der Waals surface area contributed by atoms with Gasteiger partial charge in [-0.1, -0.05) is 29.8 Å². The van der Waals surface area contributed by atoms with Crippen molar-refractivity contribution in [2.75, 3.05) is 13.7 Å². The number of fused-ring (bicyclic) bond motifs is 1. The van der Waals surface area contributed by atoms with Gasteiger partial charge in [-0.3, -0.25) is 4.79 Å². The number of Topliss-reactive ketones (excluding diaryl/α,β-unsaturated/α-hetero) is 1. The van der Waals surface area contributed by atoms with Gasteiger partial charge in [-0.25, -0.2) is 4.79 Å². The van der Waals surface area contributed by atoms with Gasteiger partial charge in [-0.15, -0.1) is 0 Å². The Kier molecular flexibility index (Phi) is 4.76. The molecule has 5 nitrogen and oxygen atoms in total. The standard InChI is InChI=1S/C19H16ClNO4/c1-21-10-14(13-5-3-4-6-16(13)21)19(23)25-11-17(22)12-7-8-18(24-2)15(20)9-12/h3-10H,11H2,1-2H3. The van der Waals surface area contributed by atoms with Crippen LogP contribution in [0, 0.1) is 0 Å². The molecule has 0 fully saturated rings. The summed E-state index contributed by atoms with van der Waals surface area (Å²) in [5, 5.41) is 1.11. The predicted octanol–water partition coefficient (Wildman–Crippen LogP) is 3.88. The van der Waals surface area contributed by atoms with Crippen LogP contribution >= 0.6 is 11.6 Å². The maximum atomic E-state index is 12.3. The van der Waals surface area contributed by atoms with Crippen LogP contribution in [0.5, 0.6) is 5.75 Å². The van der Waals surface area contributed by atoms with Crippen molar-refractivity contribution in [2.24, 2.45) is 7.05 Å². The normalized spacial score (nSPS) is 10.7. The van der Waals surface area contributed by atoms with Crippen molar-refractivity contribution < 1.29 is 19.1 Å². The van der Waals surface area contributed by atoms with Crippen LogP contribution in [0.4, 0.5) is 0 Å². The number of rotatable bonds is 5. The smallest absolute Gasteiger partial charge is 0.340 e. The SMILES string of the molecule is COc1ccc(C(=O)COC(=O)c2cn(C)c3ccccc23)cc1Cl. The summed E-state index contributed by atoms with van der Waals surface area (Å²) >= 11 is 6.01. The highest BCUT2D eigenvalue weighted by molar-refractivity contribution is 6.32. The van der Waals surface area contributed by atoms with Crippen molar-refractivity contribution >= 4 is 34.3 Å². The summed E-state index contributed by atoms with van der Waals surface area (Å²) < 4.78 is 12.1. The minimum Gasteiger partial charge on any atom is -0.495 e. The lowest BCUT2D eigenvalue weighted by molar-refractivity contribution is 0.0476. The summed E-state index contributed by atoms with van der Waals surface area (Å²) in [4.78, 5) is 24.6. The minimum atomic E-state index is -0.537. The number of aryl methyl sites for hydroxylation is 1. The molecule has 3 rings (SSSR count). The van der Waals surface area contributed by atoms with E-state index in [1.807, 2.05) is 35.9 Å². The average molecular weight is 358 g/mol. The van der Waals surface area contributed by atoms with Crippen molar-refractivity contribution in [3.63, 3.8) is 0 Å². The van der Waals surface area contributed by atoms with E-state index in [0.717, 1.165) is 10.9 Å². The Hall–Kier alpha value is -2.79. The number of hydrogen-bond acceptors (Lipinski definition) is 4. The van der Waals surface area contributed by atoms with Crippen molar-refractivity contribution in [3.8, 4) is 5.75 Å². The van der Waals surface area contributed by atoms with E-state index in [4.69, 9.17) is 21.1 Å². The number of ketones is 1. The number of aromatic nitrogens is 1. The molecule has 128 valence electrons. The zero-order valence-electron chi connectivity index (χ0n) is 13.8. The number of carbonyl (C=O) groups is 2. The van der Waals surface area contributed by atoms with Crippen molar-refractivity contribution in [1.29, 1.82) is 0 Å². The summed E-state index contributed by atoms with van der Waals surface area (Å²) in [6, 6.07) is 12.2. The first-order valence-electron chi connectivity index (χ1n) is 7.59. The van der Waals surface area contributed by atoms with Crippen LogP contribution in [0.15, 0.2) is 48.7 Å². The topological polar surface area (TPSA) is 57.5 Å². The molecule has 0 aliphatic rings. The number of esters is 1. The highest BCUT2D eigenvalue weighted by Gasteiger charge is 2.17. The lowest BCUT2D eigenvalue weighted by atomic mass is 10.1. The lowest BCUT2D eigenvalue weighted by Crippen LogP contribution is -2.14. The Bertz CT molecular complexity index is 961. The van der Waals surface area contributed by atoms with Gasteiger partial charge in [-0.05, 0) is 24.3 Å². The van der Waals surface area contributed by atoms with Crippen molar-refractivity contribution in [1.82, 2.24) is 4.57 Å². The quantitative estimate of drug-likeness (QED) is 0.513. The van der Waals surface area contributed by atoms with Crippen LogP contribution in [0.3, 0.4) is 0 Å². The Morgan fingerprint density at radius 3 is 2.64 bits per heavy atom. The number of benzene rings is 2. The van der Waals surface area contributed by atoms with Crippen LogP contribution in [-0.4, -0.2) is 30.0 Å². The summed E-state index contributed by atoms with van der Waals surface area (Å²) in [6.07, 6.45) is 1.70. The monoisotopic (exact) mass is 357 g/mol. The number of carbonyl (C=O) groups excluding carboxylic acids is 2. The largest absolute Gasteiger partial charge is 0.495 e. The zero-order chi connectivity index (χ0) is 18.0. The molecule has 3 aromatic rings. The number of methoxy groups -OCH3 is 1. The third-order valence-corrected chi connectivity index (χ3v) is 4.22. The van der Waals surface area contributed by atoms with Gasteiger partial charge in [0.2, 0.25) is 0 Å². The van der Waals surface area contributed by atoms with E-state index in [0.29, 0.717) is 21.9 Å². The fourth-order valence-electron chi connectivity index (χ4n) is 2.64. The van der Waals surface area contributed by atoms with E-state index < -0.39 is 5.97 Å². The molecule has 0 N–H and O–H groups in total. The van der Waals surface area contributed by atoms with E-state index in [9.17, 15) is 9.59 Å². The van der Waals surface area contributed by atoms with Gasteiger partial charge in [0.1, 0.15) is 5.75 Å². The van der Waals surface area contributed by atoms with E-state index in [1.54, 1.807) is 18.3 Å². The molecule has 0 saturated carbocycles. The molecule has 0 aliphatic heterocycles. The van der Waals surface area contributed by atoms with Crippen LogP contribution < -0.4 is 4.74 Å². The number of nitrogens with zero attached hydrogens (tertiary/aromatic N) is 1. The van der Waals surface area contributed by atoms with Crippen molar-refractivity contribution in [2.45, 2.75) is 0 Å². The Morgan fingerprint density at radius 2 is 1.92 bits per heavy atom. The van der Waals surface area contributed by atoms with Crippen LogP contribution in [0.2, 0.25) is 5.02 Å². The van der Waals surface area contributed by atoms with Crippen LogP contribution in [0.25, 0.3) is 10.9 Å². The molecule has 0 unspecified atom stereocenters. The van der Waals surface area contributed by atoms with Gasteiger partial charge >= 0.3 is 5.97 Å². The van der Waals surface area contributed by atoms with Gasteiger partial charge in [0, 0.05) is 29.7 Å². The second-order valence-electron chi connectivity index (χ2n) is 5.52. The molecule has 0 bridgehead atoms. The van der Waals surface area contributed by atoms with Gasteiger partial charge in [-0.2, -0.15) is 0 Å².